The molecule has 1 N–H and O–H groups in total. The van der Waals surface area contributed by atoms with E-state index in [-0.39, 0.29) is 25.0 Å². The fourth-order valence-corrected chi connectivity index (χ4v) is 3.09. The Morgan fingerprint density at radius 2 is 1.70 bits per heavy atom. The van der Waals surface area contributed by atoms with Crippen LogP contribution in [0.3, 0.4) is 0 Å². The van der Waals surface area contributed by atoms with E-state index in [1.807, 2.05) is 0 Å². The first-order chi connectivity index (χ1) is 11.1. The summed E-state index contributed by atoms with van der Waals surface area (Å²) in [5, 5.41) is 9.43. The number of hydrogen-bond acceptors (Lipinski definition) is 4. The van der Waals surface area contributed by atoms with Gasteiger partial charge >= 0.3 is 0 Å². The van der Waals surface area contributed by atoms with Gasteiger partial charge in [0, 0.05) is 10.0 Å². The van der Waals surface area contributed by atoms with Crippen molar-refractivity contribution in [3.63, 3.8) is 0 Å². The number of aliphatic hydroxyl groups excluding tert-OH is 1. The number of nitrogens with zero attached hydrogens (tertiary/aromatic N) is 1. The van der Waals surface area contributed by atoms with Crippen LogP contribution >= 0.6 is 15.9 Å². The van der Waals surface area contributed by atoms with Gasteiger partial charge in [0.05, 0.1) is 31.4 Å². The average Bonchev–Trinajstić information content (AvgIpc) is 2.81. The lowest BCUT2D eigenvalue weighted by atomic mass is 10.1. The van der Waals surface area contributed by atoms with E-state index in [2.05, 4.69) is 15.9 Å². The molecule has 0 saturated heterocycles. The Hall–Kier alpha value is -2.18. The van der Waals surface area contributed by atoms with Crippen LogP contribution in [-0.4, -0.2) is 28.9 Å². The van der Waals surface area contributed by atoms with Gasteiger partial charge in [0.1, 0.15) is 5.75 Å². The highest BCUT2D eigenvalue weighted by atomic mass is 79.9. The fraction of sp³-hybridized carbons (Fsp3) is 0.176. The topological polar surface area (TPSA) is 66.8 Å². The molecule has 6 heteroatoms. The molecule has 3 rings (SSSR count). The Balaban J connectivity index is 1.95. The largest absolute Gasteiger partial charge is 0.496 e. The molecule has 5 nitrogen and oxygen atoms in total. The van der Waals surface area contributed by atoms with Crippen molar-refractivity contribution in [3.8, 4) is 5.75 Å². The lowest BCUT2D eigenvalue weighted by molar-refractivity contribution is 0.0642. The molecule has 0 saturated carbocycles. The van der Waals surface area contributed by atoms with Crippen LogP contribution in [0.5, 0.6) is 5.75 Å². The monoisotopic (exact) mass is 375 g/mol. The number of fused-ring (bicyclic) bond motifs is 1. The van der Waals surface area contributed by atoms with E-state index in [9.17, 15) is 14.7 Å². The van der Waals surface area contributed by atoms with E-state index in [1.54, 1.807) is 36.4 Å². The molecule has 2 aromatic rings. The second-order valence-electron chi connectivity index (χ2n) is 5.16. The zero-order valence-electron chi connectivity index (χ0n) is 12.4. The zero-order valence-corrected chi connectivity index (χ0v) is 14.0. The van der Waals surface area contributed by atoms with Crippen molar-refractivity contribution in [3.05, 3.63) is 63.1 Å². The van der Waals surface area contributed by atoms with Gasteiger partial charge in [-0.3, -0.25) is 14.5 Å². The second-order valence-corrected chi connectivity index (χ2v) is 6.01. The molecule has 0 atom stereocenters. The highest BCUT2D eigenvalue weighted by Crippen LogP contribution is 2.31. The van der Waals surface area contributed by atoms with Crippen LogP contribution in [0.4, 0.5) is 0 Å². The molecule has 118 valence electrons. The molecule has 0 aromatic heterocycles. The molecule has 1 aliphatic rings. The first-order valence-corrected chi connectivity index (χ1v) is 7.77. The summed E-state index contributed by atoms with van der Waals surface area (Å²) >= 11 is 3.42. The van der Waals surface area contributed by atoms with Gasteiger partial charge in [-0.1, -0.05) is 28.1 Å². The quantitative estimate of drug-likeness (QED) is 0.834. The lowest BCUT2D eigenvalue weighted by Crippen LogP contribution is -2.29. The van der Waals surface area contributed by atoms with Crippen LogP contribution in [0, 0.1) is 0 Å². The third-order valence-corrected chi connectivity index (χ3v) is 4.56. The number of imide groups is 1. The van der Waals surface area contributed by atoms with Crippen molar-refractivity contribution >= 4 is 27.7 Å². The maximum atomic E-state index is 12.4. The second kappa shape index (κ2) is 6.14. The van der Waals surface area contributed by atoms with Crippen LogP contribution in [-0.2, 0) is 13.2 Å². The van der Waals surface area contributed by atoms with Gasteiger partial charge in [0.2, 0.25) is 0 Å². The first kappa shape index (κ1) is 15.7. The Morgan fingerprint density at radius 1 is 1.09 bits per heavy atom. The van der Waals surface area contributed by atoms with Crippen LogP contribution in [0.2, 0.25) is 0 Å². The smallest absolute Gasteiger partial charge is 0.261 e. The molecule has 0 fully saturated rings. The van der Waals surface area contributed by atoms with Crippen molar-refractivity contribution < 1.29 is 19.4 Å². The van der Waals surface area contributed by atoms with Crippen molar-refractivity contribution in [2.45, 2.75) is 13.2 Å². The van der Waals surface area contributed by atoms with Crippen LogP contribution in [0.1, 0.15) is 31.8 Å². The summed E-state index contributed by atoms with van der Waals surface area (Å²) in [5.74, 6) is -0.0665. The van der Waals surface area contributed by atoms with E-state index in [4.69, 9.17) is 4.74 Å². The third-order valence-electron chi connectivity index (χ3n) is 3.83. The number of halogens is 1. The highest BCUT2D eigenvalue weighted by molar-refractivity contribution is 9.10. The molecule has 1 aliphatic heterocycles. The van der Waals surface area contributed by atoms with Gasteiger partial charge in [0.25, 0.3) is 11.8 Å². The number of benzene rings is 2. The van der Waals surface area contributed by atoms with E-state index in [0.717, 1.165) is 5.56 Å². The molecule has 2 aromatic carbocycles. The molecular weight excluding hydrogens is 362 g/mol. The fourth-order valence-electron chi connectivity index (χ4n) is 2.64. The van der Waals surface area contributed by atoms with Crippen LogP contribution in [0.25, 0.3) is 0 Å². The number of rotatable bonds is 4. The van der Waals surface area contributed by atoms with Gasteiger partial charge in [0.15, 0.2) is 0 Å². The standard InChI is InChI=1S/C17H14BrNO4/c1-23-15-7-14(18)10(6-11(15)9-20)8-19-16(21)12-4-2-3-5-13(12)17(19)22/h2-7,20H,8-9H2,1H3. The predicted molar refractivity (Wildman–Crippen MR) is 87.3 cm³/mol. The summed E-state index contributed by atoms with van der Waals surface area (Å²) in [4.78, 5) is 26.0. The van der Waals surface area contributed by atoms with E-state index < -0.39 is 0 Å². The van der Waals surface area contributed by atoms with Crippen molar-refractivity contribution in [2.24, 2.45) is 0 Å². The van der Waals surface area contributed by atoms with E-state index in [1.165, 1.54) is 12.0 Å². The minimum Gasteiger partial charge on any atom is -0.496 e. The maximum absolute atomic E-state index is 12.4. The number of ether oxygens (including phenoxy) is 1. The highest BCUT2D eigenvalue weighted by Gasteiger charge is 2.35. The van der Waals surface area contributed by atoms with Crippen molar-refractivity contribution in [2.75, 3.05) is 7.11 Å². The molecule has 0 radical (unpaired) electrons. The SMILES string of the molecule is COc1cc(Br)c(CN2C(=O)c3ccccc3C2=O)cc1CO. The number of carbonyl (C=O) groups excluding carboxylic acids is 2. The molecule has 23 heavy (non-hydrogen) atoms. The van der Waals surface area contributed by atoms with Gasteiger partial charge in [-0.05, 0) is 29.8 Å². The van der Waals surface area contributed by atoms with Gasteiger partial charge in [-0.15, -0.1) is 0 Å². The summed E-state index contributed by atoms with van der Waals surface area (Å²) < 4.78 is 5.91. The van der Waals surface area contributed by atoms with Gasteiger partial charge in [-0.2, -0.15) is 0 Å². The minimum atomic E-state index is -0.307. The third kappa shape index (κ3) is 2.64. The normalized spacial score (nSPS) is 13.4. The summed E-state index contributed by atoms with van der Waals surface area (Å²) in [6.45, 7) is -0.0600. The van der Waals surface area contributed by atoms with Crippen LogP contribution < -0.4 is 4.74 Å². The van der Waals surface area contributed by atoms with E-state index >= 15 is 0 Å². The molecule has 0 aliphatic carbocycles. The van der Waals surface area contributed by atoms with Crippen LogP contribution in [0.15, 0.2) is 40.9 Å². The Kier molecular flexibility index (Phi) is 4.19. The number of carbonyl (C=O) groups is 2. The molecule has 0 unspecified atom stereocenters. The average molecular weight is 376 g/mol. The summed E-state index contributed by atoms with van der Waals surface area (Å²) in [6, 6.07) is 10.2. The number of hydrogen-bond donors (Lipinski definition) is 1. The number of methoxy groups -OCH3 is 1. The van der Waals surface area contributed by atoms with Gasteiger partial charge < -0.3 is 9.84 Å². The summed E-state index contributed by atoms with van der Waals surface area (Å²) in [7, 11) is 1.52. The van der Waals surface area contributed by atoms with E-state index in [0.29, 0.717) is 26.9 Å². The molecule has 2 amide bonds. The number of aliphatic hydroxyl groups is 1. The van der Waals surface area contributed by atoms with Crippen molar-refractivity contribution in [1.82, 2.24) is 4.90 Å². The predicted octanol–water partition coefficient (Wildman–Crippen LogP) is 2.75. The van der Waals surface area contributed by atoms with Crippen molar-refractivity contribution in [1.29, 1.82) is 0 Å². The Bertz CT molecular complexity index is 768. The molecular formula is C17H14BrNO4. The minimum absolute atomic E-state index is 0.129. The van der Waals surface area contributed by atoms with Gasteiger partial charge in [-0.25, -0.2) is 0 Å². The maximum Gasteiger partial charge on any atom is 0.261 e. The number of amides is 2. The first-order valence-electron chi connectivity index (χ1n) is 6.98. The Morgan fingerprint density at radius 3 is 2.22 bits per heavy atom. The Labute approximate surface area is 141 Å². The zero-order chi connectivity index (χ0) is 16.6. The lowest BCUT2D eigenvalue weighted by Gasteiger charge is -2.17. The molecule has 0 bridgehead atoms. The molecule has 1 heterocycles. The molecule has 0 spiro atoms. The summed E-state index contributed by atoms with van der Waals surface area (Å²) in [6.07, 6.45) is 0. The summed E-state index contributed by atoms with van der Waals surface area (Å²) in [5.41, 5.74) is 2.17.